The molecule has 2 aliphatic rings. The van der Waals surface area contributed by atoms with E-state index >= 15 is 0 Å². The van der Waals surface area contributed by atoms with Crippen molar-refractivity contribution in [2.24, 2.45) is 5.92 Å². The highest BCUT2D eigenvalue weighted by atomic mass is 16.6. The molecule has 7 nitrogen and oxygen atoms in total. The number of carbonyl (C=O) groups is 3. The van der Waals surface area contributed by atoms with E-state index in [0.29, 0.717) is 25.1 Å². The first-order valence-corrected chi connectivity index (χ1v) is 8.84. The van der Waals surface area contributed by atoms with Crippen LogP contribution in [0.15, 0.2) is 23.3 Å². The van der Waals surface area contributed by atoms with E-state index in [2.05, 4.69) is 0 Å². The molecule has 0 aromatic carbocycles. The van der Waals surface area contributed by atoms with Crippen molar-refractivity contribution in [2.45, 2.75) is 45.3 Å². The Balaban J connectivity index is 2.42. The van der Waals surface area contributed by atoms with E-state index in [1.165, 1.54) is 6.92 Å². The molecule has 2 heterocycles. The fourth-order valence-electron chi connectivity index (χ4n) is 2.92. The number of hydrogen-bond donors (Lipinski definition) is 1. The first-order valence-electron chi connectivity index (χ1n) is 8.84. The zero-order chi connectivity index (χ0) is 19.5. The Morgan fingerprint density at radius 1 is 1.35 bits per heavy atom. The van der Waals surface area contributed by atoms with Gasteiger partial charge in [0.25, 0.3) is 0 Å². The topological polar surface area (TPSA) is 93.1 Å². The molecule has 0 aromatic rings. The molecule has 2 rings (SSSR count). The second kappa shape index (κ2) is 8.14. The van der Waals surface area contributed by atoms with Crippen molar-refractivity contribution < 1.29 is 29.0 Å². The lowest BCUT2D eigenvalue weighted by Crippen LogP contribution is -2.45. The average molecular weight is 365 g/mol. The van der Waals surface area contributed by atoms with Crippen LogP contribution < -0.4 is 0 Å². The number of Topliss-reactive ketones (excluding diaryl/α,β-unsaturated/α-hetero) is 1. The number of cyclic esters (lactones) is 1. The Labute approximate surface area is 153 Å². The molecule has 144 valence electrons. The lowest BCUT2D eigenvalue weighted by atomic mass is 9.85. The maximum Gasteiger partial charge on any atom is 0.338 e. The Morgan fingerprint density at radius 3 is 2.69 bits per heavy atom. The summed E-state index contributed by atoms with van der Waals surface area (Å²) in [6.45, 7) is 5.58. The molecule has 0 aliphatic carbocycles. The van der Waals surface area contributed by atoms with Crippen molar-refractivity contribution in [3.63, 3.8) is 0 Å². The van der Waals surface area contributed by atoms with Crippen LogP contribution in [0.4, 0.5) is 0 Å². The van der Waals surface area contributed by atoms with Crippen molar-refractivity contribution in [1.82, 2.24) is 4.90 Å². The average Bonchev–Trinajstić information content (AvgIpc) is 2.59. The number of allylic oxidation sites excluding steroid dienone is 1. The van der Waals surface area contributed by atoms with Crippen LogP contribution in [-0.2, 0) is 23.9 Å². The normalized spacial score (nSPS) is 34.0. The van der Waals surface area contributed by atoms with Gasteiger partial charge in [0.15, 0.2) is 11.7 Å². The van der Waals surface area contributed by atoms with Crippen LogP contribution >= 0.6 is 0 Å². The number of aliphatic hydroxyl groups is 1. The van der Waals surface area contributed by atoms with Gasteiger partial charge in [-0.1, -0.05) is 19.1 Å². The van der Waals surface area contributed by atoms with E-state index in [-0.39, 0.29) is 24.4 Å². The fourth-order valence-corrected chi connectivity index (χ4v) is 2.92. The summed E-state index contributed by atoms with van der Waals surface area (Å²) < 4.78 is 10.7. The molecule has 2 aliphatic heterocycles. The van der Waals surface area contributed by atoms with Gasteiger partial charge in [0.2, 0.25) is 5.78 Å². The summed E-state index contributed by atoms with van der Waals surface area (Å²) in [7, 11) is 1.89. The zero-order valence-electron chi connectivity index (χ0n) is 15.8. The van der Waals surface area contributed by atoms with Crippen LogP contribution in [0.2, 0.25) is 0 Å². The number of ether oxygens (including phenoxy) is 2. The molecule has 0 radical (unpaired) electrons. The van der Waals surface area contributed by atoms with Gasteiger partial charge in [0, 0.05) is 30.7 Å². The lowest BCUT2D eigenvalue weighted by molar-refractivity contribution is -0.169. The highest BCUT2D eigenvalue weighted by Gasteiger charge is 2.40. The van der Waals surface area contributed by atoms with Gasteiger partial charge in [-0.25, -0.2) is 9.59 Å². The Bertz CT molecular complexity index is 648. The zero-order valence-corrected chi connectivity index (χ0v) is 15.8. The summed E-state index contributed by atoms with van der Waals surface area (Å²) in [5.41, 5.74) is -1.19. The van der Waals surface area contributed by atoms with E-state index in [9.17, 15) is 19.5 Å². The van der Waals surface area contributed by atoms with Crippen molar-refractivity contribution in [1.29, 1.82) is 0 Å². The number of ketones is 1. The first kappa shape index (κ1) is 20.3. The van der Waals surface area contributed by atoms with E-state index < -0.39 is 29.6 Å². The highest BCUT2D eigenvalue weighted by molar-refractivity contribution is 6.01. The molecule has 0 saturated carbocycles. The predicted molar refractivity (Wildman–Crippen MR) is 94.2 cm³/mol. The Morgan fingerprint density at radius 2 is 2.04 bits per heavy atom. The summed E-state index contributed by atoms with van der Waals surface area (Å²) in [6, 6.07) is 0. The van der Waals surface area contributed by atoms with Crippen molar-refractivity contribution in [2.75, 3.05) is 26.7 Å². The van der Waals surface area contributed by atoms with Crippen LogP contribution in [0.3, 0.4) is 0 Å². The van der Waals surface area contributed by atoms with Gasteiger partial charge in [0.1, 0.15) is 6.61 Å². The molecule has 2 bridgehead atoms. The maximum absolute atomic E-state index is 12.8. The Hall–Kier alpha value is -1.99. The minimum absolute atomic E-state index is 0.140. The monoisotopic (exact) mass is 365 g/mol. The van der Waals surface area contributed by atoms with E-state index in [1.54, 1.807) is 26.0 Å². The van der Waals surface area contributed by atoms with Crippen molar-refractivity contribution in [3.8, 4) is 0 Å². The van der Waals surface area contributed by atoms with Crippen LogP contribution in [0, 0.1) is 5.92 Å². The summed E-state index contributed by atoms with van der Waals surface area (Å²) in [6.07, 6.45) is 2.86. The fraction of sp³-hybridized carbons (Fsp3) is 0.632. The minimum atomic E-state index is -1.78. The van der Waals surface area contributed by atoms with Crippen LogP contribution in [0.5, 0.6) is 0 Å². The second-order valence-corrected chi connectivity index (χ2v) is 7.18. The summed E-state index contributed by atoms with van der Waals surface area (Å²) in [5.74, 6) is -2.32. The number of fused-ring (bicyclic) bond motifs is 2. The number of carbonyl (C=O) groups excluding carboxylic acids is 3. The van der Waals surface area contributed by atoms with Gasteiger partial charge >= 0.3 is 11.9 Å². The molecule has 0 aromatic heterocycles. The lowest BCUT2D eigenvalue weighted by Gasteiger charge is -2.31. The van der Waals surface area contributed by atoms with Crippen molar-refractivity contribution in [3.05, 3.63) is 23.3 Å². The summed E-state index contributed by atoms with van der Waals surface area (Å²) in [5, 5.41) is 10.6. The third kappa shape index (κ3) is 4.40. The molecule has 1 saturated heterocycles. The van der Waals surface area contributed by atoms with Gasteiger partial charge in [-0.15, -0.1) is 0 Å². The smallest absolute Gasteiger partial charge is 0.338 e. The van der Waals surface area contributed by atoms with Gasteiger partial charge in [0.05, 0.1) is 0 Å². The van der Waals surface area contributed by atoms with Crippen LogP contribution in [0.25, 0.3) is 0 Å². The quantitative estimate of drug-likeness (QED) is 0.506. The molecule has 7 heteroatoms. The number of likely N-dealkylation sites (N-methyl/N-ethyl adjacent to an activating group) is 1. The summed E-state index contributed by atoms with van der Waals surface area (Å²) in [4.78, 5) is 39.7. The second-order valence-electron chi connectivity index (χ2n) is 7.18. The van der Waals surface area contributed by atoms with E-state index in [1.807, 2.05) is 11.9 Å². The summed E-state index contributed by atoms with van der Waals surface area (Å²) >= 11 is 0. The van der Waals surface area contributed by atoms with E-state index in [4.69, 9.17) is 9.47 Å². The largest absolute Gasteiger partial charge is 0.459 e. The molecule has 1 N–H and O–H groups in total. The molecule has 26 heavy (non-hydrogen) atoms. The minimum Gasteiger partial charge on any atom is -0.459 e. The molecular formula is C19H27NO6. The maximum atomic E-state index is 12.8. The molecule has 2 unspecified atom stereocenters. The molecule has 0 spiro atoms. The highest BCUT2D eigenvalue weighted by Crippen LogP contribution is 2.27. The van der Waals surface area contributed by atoms with Crippen molar-refractivity contribution >= 4 is 17.7 Å². The third-order valence-electron chi connectivity index (χ3n) is 5.15. The standard InChI is InChI=1S/C19H27NO6/c1-5-13-10-12(2)19(3,24)18(23)25-11-14-6-8-20(4)9-7-15(16(14)21)26-17(13)22/h5-6,12,15,24H,7-11H2,1-4H3/t12?,15?,19-/m1/s1. The van der Waals surface area contributed by atoms with Gasteiger partial charge < -0.3 is 19.5 Å². The van der Waals surface area contributed by atoms with Crippen LogP contribution in [0.1, 0.15) is 33.6 Å². The molecule has 3 atom stereocenters. The SMILES string of the molecule is CC=C1CC(C)[C@@](C)(O)C(=O)OCC2=CCN(C)CCC(OC1=O)C2=O. The first-order chi connectivity index (χ1) is 12.2. The number of esters is 2. The molecular weight excluding hydrogens is 338 g/mol. The molecule has 0 amide bonds. The molecule has 1 fully saturated rings. The van der Waals surface area contributed by atoms with Gasteiger partial charge in [-0.2, -0.15) is 0 Å². The number of hydrogen-bond acceptors (Lipinski definition) is 7. The number of rotatable bonds is 0. The van der Waals surface area contributed by atoms with E-state index in [0.717, 1.165) is 0 Å². The van der Waals surface area contributed by atoms with Crippen LogP contribution in [-0.4, -0.2) is 66.2 Å². The van der Waals surface area contributed by atoms with Gasteiger partial charge in [-0.05, 0) is 33.2 Å². The Kier molecular flexibility index (Phi) is 6.36. The number of nitrogens with zero attached hydrogens (tertiary/aromatic N) is 1. The van der Waals surface area contributed by atoms with Gasteiger partial charge in [-0.3, -0.25) is 4.79 Å². The predicted octanol–water partition coefficient (Wildman–Crippen LogP) is 1.01. The third-order valence-corrected chi connectivity index (χ3v) is 5.15.